The molecular formula is C16H21N5. The molecule has 0 bridgehead atoms. The van der Waals surface area contributed by atoms with Gasteiger partial charge in [0, 0.05) is 31.0 Å². The Morgan fingerprint density at radius 3 is 3.00 bits per heavy atom. The number of hydrogen-bond acceptors (Lipinski definition) is 2. The van der Waals surface area contributed by atoms with E-state index in [1.54, 1.807) is 0 Å². The van der Waals surface area contributed by atoms with Crippen molar-refractivity contribution in [2.75, 3.05) is 5.32 Å². The molecule has 1 aliphatic rings. The number of aliphatic imine (C=N–C) groups is 1. The van der Waals surface area contributed by atoms with E-state index in [1.807, 2.05) is 24.5 Å². The molecule has 1 atom stereocenters. The molecule has 0 fully saturated rings. The Hall–Kier alpha value is -2.30. The van der Waals surface area contributed by atoms with Crippen LogP contribution in [0.3, 0.4) is 0 Å². The summed E-state index contributed by atoms with van der Waals surface area (Å²) in [6.45, 7) is 3.10. The van der Waals surface area contributed by atoms with Gasteiger partial charge in [0.05, 0.1) is 6.04 Å². The molecule has 1 unspecified atom stereocenters. The lowest BCUT2D eigenvalue weighted by molar-refractivity contribution is 0.465. The monoisotopic (exact) mass is 283 g/mol. The van der Waals surface area contributed by atoms with E-state index < -0.39 is 0 Å². The van der Waals surface area contributed by atoms with Gasteiger partial charge in [-0.05, 0) is 30.5 Å². The van der Waals surface area contributed by atoms with Crippen LogP contribution < -0.4 is 11.1 Å². The number of rotatable bonds is 3. The number of anilines is 1. The van der Waals surface area contributed by atoms with E-state index in [2.05, 4.69) is 38.9 Å². The largest absolute Gasteiger partial charge is 0.370 e. The number of nitrogens with one attached hydrogen (secondary N) is 1. The first kappa shape index (κ1) is 13.7. The smallest absolute Gasteiger partial charge is 0.193 e. The molecule has 1 aromatic carbocycles. The van der Waals surface area contributed by atoms with Gasteiger partial charge in [0.1, 0.15) is 5.82 Å². The van der Waals surface area contributed by atoms with Crippen LogP contribution in [0.2, 0.25) is 0 Å². The Balaban J connectivity index is 1.63. The quantitative estimate of drug-likeness (QED) is 0.670. The number of nitrogens with two attached hydrogens (primary N) is 1. The van der Waals surface area contributed by atoms with Crippen LogP contribution in [0.1, 0.15) is 24.7 Å². The summed E-state index contributed by atoms with van der Waals surface area (Å²) in [4.78, 5) is 8.93. The lowest BCUT2D eigenvalue weighted by Gasteiger charge is -2.20. The normalized spacial score (nSPS) is 18.3. The van der Waals surface area contributed by atoms with Crippen LogP contribution in [-0.4, -0.2) is 21.6 Å². The summed E-state index contributed by atoms with van der Waals surface area (Å²) in [5, 5.41) is 3.16. The molecule has 0 aliphatic carbocycles. The highest BCUT2D eigenvalue weighted by Gasteiger charge is 2.18. The molecule has 110 valence electrons. The zero-order chi connectivity index (χ0) is 14.7. The minimum absolute atomic E-state index is 0.210. The number of aromatic nitrogens is 2. The van der Waals surface area contributed by atoms with Gasteiger partial charge in [0.2, 0.25) is 0 Å². The van der Waals surface area contributed by atoms with Gasteiger partial charge < -0.3 is 15.6 Å². The molecule has 0 amide bonds. The molecule has 0 saturated carbocycles. The third kappa shape index (κ3) is 3.24. The average molecular weight is 283 g/mol. The van der Waals surface area contributed by atoms with Crippen molar-refractivity contribution in [1.82, 2.24) is 9.55 Å². The Morgan fingerprint density at radius 2 is 2.24 bits per heavy atom. The van der Waals surface area contributed by atoms with Crippen LogP contribution in [-0.2, 0) is 19.4 Å². The molecule has 0 radical (unpaired) electrons. The predicted molar refractivity (Wildman–Crippen MR) is 85.4 cm³/mol. The zero-order valence-electron chi connectivity index (χ0n) is 12.3. The fourth-order valence-electron chi connectivity index (χ4n) is 2.65. The number of imidazole rings is 1. The Kier molecular flexibility index (Phi) is 3.90. The minimum Gasteiger partial charge on any atom is -0.370 e. The molecule has 0 saturated heterocycles. The molecule has 0 spiro atoms. The maximum Gasteiger partial charge on any atom is 0.193 e. The van der Waals surface area contributed by atoms with Gasteiger partial charge >= 0.3 is 0 Å². The van der Waals surface area contributed by atoms with Crippen molar-refractivity contribution in [1.29, 1.82) is 0 Å². The Morgan fingerprint density at radius 1 is 1.43 bits per heavy atom. The van der Waals surface area contributed by atoms with Gasteiger partial charge in [-0.25, -0.2) is 9.98 Å². The van der Waals surface area contributed by atoms with Crippen LogP contribution in [0.4, 0.5) is 5.69 Å². The third-order valence-electron chi connectivity index (χ3n) is 3.88. The summed E-state index contributed by atoms with van der Waals surface area (Å²) in [5.74, 6) is 1.57. The average Bonchev–Trinajstić information content (AvgIpc) is 2.95. The van der Waals surface area contributed by atoms with Crippen molar-refractivity contribution in [2.45, 2.75) is 38.8 Å². The SMILES string of the molecule is CCc1ccc(NC(N)=NC2CCn3ccnc3C2)cc1. The van der Waals surface area contributed by atoms with Crippen molar-refractivity contribution < 1.29 is 0 Å². The summed E-state index contributed by atoms with van der Waals surface area (Å²) in [5.41, 5.74) is 8.31. The van der Waals surface area contributed by atoms with Crippen molar-refractivity contribution in [3.05, 3.63) is 48.0 Å². The van der Waals surface area contributed by atoms with Gasteiger partial charge in [-0.2, -0.15) is 0 Å². The van der Waals surface area contributed by atoms with Crippen LogP contribution in [0.25, 0.3) is 0 Å². The van der Waals surface area contributed by atoms with Gasteiger partial charge in [-0.1, -0.05) is 19.1 Å². The first-order chi connectivity index (χ1) is 10.2. The van der Waals surface area contributed by atoms with Crippen molar-refractivity contribution in [3.63, 3.8) is 0 Å². The van der Waals surface area contributed by atoms with Crippen LogP contribution in [0.5, 0.6) is 0 Å². The summed E-state index contributed by atoms with van der Waals surface area (Å²) in [7, 11) is 0. The second-order valence-electron chi connectivity index (χ2n) is 5.37. The van der Waals surface area contributed by atoms with Crippen LogP contribution in [0.15, 0.2) is 41.7 Å². The molecule has 3 rings (SSSR count). The van der Waals surface area contributed by atoms with Crippen molar-refractivity contribution in [3.8, 4) is 0 Å². The molecule has 1 aromatic heterocycles. The fourth-order valence-corrected chi connectivity index (χ4v) is 2.65. The number of aryl methyl sites for hydroxylation is 2. The maximum atomic E-state index is 6.01. The van der Waals surface area contributed by atoms with Crippen LogP contribution >= 0.6 is 0 Å². The number of hydrogen-bond donors (Lipinski definition) is 2. The van der Waals surface area contributed by atoms with E-state index in [4.69, 9.17) is 5.73 Å². The number of fused-ring (bicyclic) bond motifs is 1. The highest BCUT2D eigenvalue weighted by Crippen LogP contribution is 2.16. The number of benzene rings is 1. The molecule has 2 heterocycles. The predicted octanol–water partition coefficient (Wildman–Crippen LogP) is 2.19. The lowest BCUT2D eigenvalue weighted by Crippen LogP contribution is -2.29. The Bertz CT molecular complexity index is 626. The first-order valence-corrected chi connectivity index (χ1v) is 7.44. The molecule has 21 heavy (non-hydrogen) atoms. The molecule has 5 nitrogen and oxygen atoms in total. The zero-order valence-corrected chi connectivity index (χ0v) is 12.3. The molecule has 1 aliphatic heterocycles. The van der Waals surface area contributed by atoms with Gasteiger partial charge in [0.15, 0.2) is 5.96 Å². The lowest BCUT2D eigenvalue weighted by atomic mass is 10.1. The summed E-state index contributed by atoms with van der Waals surface area (Å²) >= 11 is 0. The standard InChI is InChI=1S/C16H21N5/c1-2-12-3-5-13(6-4-12)19-16(17)20-14-7-9-21-10-8-18-15(21)11-14/h3-6,8,10,14H,2,7,9,11H2,1H3,(H3,17,19,20). The maximum absolute atomic E-state index is 6.01. The summed E-state index contributed by atoms with van der Waals surface area (Å²) in [6.07, 6.45) is 6.76. The highest BCUT2D eigenvalue weighted by molar-refractivity contribution is 5.92. The van der Waals surface area contributed by atoms with Crippen LogP contribution in [0, 0.1) is 0 Å². The number of guanidine groups is 1. The van der Waals surface area contributed by atoms with Crippen molar-refractivity contribution in [2.24, 2.45) is 10.7 Å². The minimum atomic E-state index is 0.210. The second kappa shape index (κ2) is 5.99. The topological polar surface area (TPSA) is 68.2 Å². The summed E-state index contributed by atoms with van der Waals surface area (Å²) < 4.78 is 2.18. The highest BCUT2D eigenvalue weighted by atomic mass is 15.1. The summed E-state index contributed by atoms with van der Waals surface area (Å²) in [6, 6.07) is 8.49. The van der Waals surface area contributed by atoms with E-state index >= 15 is 0 Å². The van der Waals surface area contributed by atoms with Gasteiger partial charge in [0.25, 0.3) is 0 Å². The third-order valence-corrected chi connectivity index (χ3v) is 3.88. The van der Waals surface area contributed by atoms with Crippen molar-refractivity contribution >= 4 is 11.6 Å². The Labute approximate surface area is 124 Å². The first-order valence-electron chi connectivity index (χ1n) is 7.44. The molecule has 2 aromatic rings. The molecule has 3 N–H and O–H groups in total. The van der Waals surface area contributed by atoms with E-state index in [0.29, 0.717) is 5.96 Å². The second-order valence-corrected chi connectivity index (χ2v) is 5.37. The molecule has 5 heteroatoms. The van der Waals surface area contributed by atoms with E-state index in [1.165, 1.54) is 5.56 Å². The fraction of sp³-hybridized carbons (Fsp3) is 0.375. The van der Waals surface area contributed by atoms with E-state index in [0.717, 1.165) is 37.3 Å². The van der Waals surface area contributed by atoms with E-state index in [9.17, 15) is 0 Å². The molecular weight excluding hydrogens is 262 g/mol. The number of nitrogens with zero attached hydrogens (tertiary/aromatic N) is 3. The van der Waals surface area contributed by atoms with E-state index in [-0.39, 0.29) is 6.04 Å². The van der Waals surface area contributed by atoms with Gasteiger partial charge in [-0.15, -0.1) is 0 Å². The van der Waals surface area contributed by atoms with Gasteiger partial charge in [-0.3, -0.25) is 0 Å².